The number of rotatable bonds is 1. The highest BCUT2D eigenvalue weighted by Gasteiger charge is 2.12. The molecular formula is C10H10N2O2. The molecule has 0 amide bonds. The van der Waals surface area contributed by atoms with Crippen LogP contribution in [0.25, 0.3) is 11.0 Å². The van der Waals surface area contributed by atoms with Gasteiger partial charge in [-0.3, -0.25) is 0 Å². The molecule has 72 valence electrons. The van der Waals surface area contributed by atoms with Gasteiger partial charge in [0, 0.05) is 7.05 Å². The Hall–Kier alpha value is -1.84. The fourth-order valence-corrected chi connectivity index (χ4v) is 1.50. The normalized spacial score (nSPS) is 10.7. The number of aryl methyl sites for hydroxylation is 2. The largest absolute Gasteiger partial charge is 0.478 e. The fraction of sp³-hybridized carbons (Fsp3) is 0.200. The van der Waals surface area contributed by atoms with E-state index in [0.717, 1.165) is 11.3 Å². The number of carbonyl (C=O) groups is 1. The van der Waals surface area contributed by atoms with E-state index in [-0.39, 0.29) is 5.56 Å². The van der Waals surface area contributed by atoms with Gasteiger partial charge in [-0.1, -0.05) is 6.07 Å². The van der Waals surface area contributed by atoms with Gasteiger partial charge in [0.05, 0.1) is 11.1 Å². The number of aromatic nitrogens is 2. The molecule has 4 nitrogen and oxygen atoms in total. The van der Waals surface area contributed by atoms with Crippen molar-refractivity contribution in [2.75, 3.05) is 0 Å². The van der Waals surface area contributed by atoms with Gasteiger partial charge in [-0.05, 0) is 19.1 Å². The molecule has 0 aliphatic rings. The summed E-state index contributed by atoms with van der Waals surface area (Å²) < 4.78 is 1.88. The van der Waals surface area contributed by atoms with Crippen molar-refractivity contribution in [2.45, 2.75) is 6.92 Å². The van der Waals surface area contributed by atoms with Crippen molar-refractivity contribution in [3.8, 4) is 0 Å². The maximum absolute atomic E-state index is 10.9. The van der Waals surface area contributed by atoms with E-state index in [1.54, 1.807) is 12.1 Å². The van der Waals surface area contributed by atoms with Gasteiger partial charge in [-0.15, -0.1) is 0 Å². The average molecular weight is 190 g/mol. The van der Waals surface area contributed by atoms with Crippen molar-refractivity contribution in [1.29, 1.82) is 0 Å². The highest BCUT2D eigenvalue weighted by atomic mass is 16.4. The maximum atomic E-state index is 10.9. The molecule has 0 radical (unpaired) electrons. The standard InChI is InChI=1S/C10H10N2O2/c1-6-11-9-7(10(13)14)4-3-5-8(9)12(6)2/h3-5H,1-2H3,(H,13,14). The van der Waals surface area contributed by atoms with E-state index in [9.17, 15) is 4.79 Å². The van der Waals surface area contributed by atoms with Crippen LogP contribution in [0.5, 0.6) is 0 Å². The van der Waals surface area contributed by atoms with Crippen LogP contribution < -0.4 is 0 Å². The quantitative estimate of drug-likeness (QED) is 0.742. The van der Waals surface area contributed by atoms with E-state index in [1.165, 1.54) is 0 Å². The highest BCUT2D eigenvalue weighted by molar-refractivity contribution is 6.01. The molecule has 0 aliphatic carbocycles. The number of benzene rings is 1. The van der Waals surface area contributed by atoms with Crippen molar-refractivity contribution in [3.05, 3.63) is 29.6 Å². The van der Waals surface area contributed by atoms with E-state index >= 15 is 0 Å². The van der Waals surface area contributed by atoms with Crippen LogP contribution in [0, 0.1) is 6.92 Å². The number of para-hydroxylation sites is 1. The van der Waals surface area contributed by atoms with Crippen LogP contribution in [0.4, 0.5) is 0 Å². The first-order valence-electron chi connectivity index (χ1n) is 4.26. The predicted octanol–water partition coefficient (Wildman–Crippen LogP) is 1.58. The molecule has 0 fully saturated rings. The van der Waals surface area contributed by atoms with Crippen LogP contribution in [-0.4, -0.2) is 20.6 Å². The third-order valence-corrected chi connectivity index (χ3v) is 2.37. The number of nitrogens with zero attached hydrogens (tertiary/aromatic N) is 2. The minimum Gasteiger partial charge on any atom is -0.478 e. The molecule has 0 bridgehead atoms. The Kier molecular flexibility index (Phi) is 1.77. The van der Waals surface area contributed by atoms with Gasteiger partial charge in [-0.25, -0.2) is 9.78 Å². The van der Waals surface area contributed by atoms with Gasteiger partial charge >= 0.3 is 5.97 Å². The minimum absolute atomic E-state index is 0.256. The Morgan fingerprint density at radius 1 is 1.50 bits per heavy atom. The highest BCUT2D eigenvalue weighted by Crippen LogP contribution is 2.18. The molecule has 0 aliphatic heterocycles. The molecule has 2 rings (SSSR count). The molecule has 0 saturated heterocycles. The van der Waals surface area contributed by atoms with Crippen LogP contribution in [0.15, 0.2) is 18.2 Å². The lowest BCUT2D eigenvalue weighted by atomic mass is 10.2. The second-order valence-electron chi connectivity index (χ2n) is 3.20. The number of hydrogen-bond donors (Lipinski definition) is 1. The van der Waals surface area contributed by atoms with Crippen molar-refractivity contribution in [2.24, 2.45) is 7.05 Å². The zero-order valence-electron chi connectivity index (χ0n) is 7.98. The number of imidazole rings is 1. The average Bonchev–Trinajstić information content (AvgIpc) is 2.43. The summed E-state index contributed by atoms with van der Waals surface area (Å²) in [6.07, 6.45) is 0. The first kappa shape index (κ1) is 8.74. The number of carboxylic acid groups (broad SMARTS) is 1. The summed E-state index contributed by atoms with van der Waals surface area (Å²) in [6, 6.07) is 5.16. The topological polar surface area (TPSA) is 55.1 Å². The summed E-state index contributed by atoms with van der Waals surface area (Å²) in [5.41, 5.74) is 1.66. The van der Waals surface area contributed by atoms with Gasteiger partial charge in [0.2, 0.25) is 0 Å². The molecule has 4 heteroatoms. The Labute approximate surface area is 80.8 Å². The van der Waals surface area contributed by atoms with Gasteiger partial charge in [0.15, 0.2) is 0 Å². The van der Waals surface area contributed by atoms with Crippen LogP contribution in [0.2, 0.25) is 0 Å². The molecule has 1 aromatic carbocycles. The molecule has 2 aromatic rings. The Morgan fingerprint density at radius 3 is 2.86 bits per heavy atom. The molecule has 1 heterocycles. The SMILES string of the molecule is Cc1nc2c(C(=O)O)cccc2n1C. The summed E-state index contributed by atoms with van der Waals surface area (Å²) in [4.78, 5) is 15.1. The fourth-order valence-electron chi connectivity index (χ4n) is 1.50. The van der Waals surface area contributed by atoms with Gasteiger partial charge in [0.1, 0.15) is 11.3 Å². The van der Waals surface area contributed by atoms with Crippen LogP contribution in [0.1, 0.15) is 16.2 Å². The van der Waals surface area contributed by atoms with Crippen molar-refractivity contribution >= 4 is 17.0 Å². The van der Waals surface area contributed by atoms with Gasteiger partial charge < -0.3 is 9.67 Å². The van der Waals surface area contributed by atoms with Crippen molar-refractivity contribution in [1.82, 2.24) is 9.55 Å². The summed E-state index contributed by atoms with van der Waals surface area (Å²) in [7, 11) is 1.87. The molecule has 0 unspecified atom stereocenters. The molecule has 14 heavy (non-hydrogen) atoms. The summed E-state index contributed by atoms with van der Waals surface area (Å²) in [5.74, 6) is -0.123. The monoisotopic (exact) mass is 190 g/mol. The second-order valence-corrected chi connectivity index (χ2v) is 3.20. The van der Waals surface area contributed by atoms with Crippen molar-refractivity contribution < 1.29 is 9.90 Å². The van der Waals surface area contributed by atoms with Crippen LogP contribution in [0.3, 0.4) is 0 Å². The predicted molar refractivity (Wildman–Crippen MR) is 52.4 cm³/mol. The number of aromatic carboxylic acids is 1. The Bertz CT molecular complexity index is 514. The summed E-state index contributed by atoms with van der Waals surface area (Å²) in [6.45, 7) is 1.85. The number of carboxylic acids is 1. The lowest BCUT2D eigenvalue weighted by Gasteiger charge is -1.97. The van der Waals surface area contributed by atoms with Crippen LogP contribution in [-0.2, 0) is 7.05 Å². The molecular weight excluding hydrogens is 180 g/mol. The van der Waals surface area contributed by atoms with E-state index in [4.69, 9.17) is 5.11 Å². The van der Waals surface area contributed by atoms with Gasteiger partial charge in [-0.2, -0.15) is 0 Å². The summed E-state index contributed by atoms with van der Waals surface area (Å²) in [5, 5.41) is 8.93. The summed E-state index contributed by atoms with van der Waals surface area (Å²) >= 11 is 0. The molecule has 1 N–H and O–H groups in total. The third kappa shape index (κ3) is 1.08. The smallest absolute Gasteiger partial charge is 0.337 e. The molecule has 0 spiro atoms. The lowest BCUT2D eigenvalue weighted by molar-refractivity contribution is 0.0699. The van der Waals surface area contributed by atoms with Crippen molar-refractivity contribution in [3.63, 3.8) is 0 Å². The third-order valence-electron chi connectivity index (χ3n) is 2.37. The molecule has 0 saturated carbocycles. The molecule has 1 aromatic heterocycles. The Morgan fingerprint density at radius 2 is 2.21 bits per heavy atom. The van der Waals surface area contributed by atoms with Crippen LogP contribution >= 0.6 is 0 Å². The number of hydrogen-bond acceptors (Lipinski definition) is 2. The molecule has 0 atom stereocenters. The Balaban J connectivity index is 2.88. The maximum Gasteiger partial charge on any atom is 0.337 e. The lowest BCUT2D eigenvalue weighted by Crippen LogP contribution is -1.97. The number of fused-ring (bicyclic) bond motifs is 1. The van der Waals surface area contributed by atoms with E-state index in [0.29, 0.717) is 5.52 Å². The second kappa shape index (κ2) is 2.83. The minimum atomic E-state index is -0.936. The zero-order chi connectivity index (χ0) is 10.3. The van der Waals surface area contributed by atoms with Gasteiger partial charge in [0.25, 0.3) is 0 Å². The van der Waals surface area contributed by atoms with E-state index < -0.39 is 5.97 Å². The first-order chi connectivity index (χ1) is 6.61. The first-order valence-corrected chi connectivity index (χ1v) is 4.26. The van der Waals surface area contributed by atoms with E-state index in [1.807, 2.05) is 24.6 Å². The zero-order valence-corrected chi connectivity index (χ0v) is 7.98. The van der Waals surface area contributed by atoms with E-state index in [2.05, 4.69) is 4.98 Å².